The molecule has 0 aliphatic heterocycles. The van der Waals surface area contributed by atoms with E-state index in [2.05, 4.69) is 14.9 Å². The van der Waals surface area contributed by atoms with Gasteiger partial charge in [0.15, 0.2) is 0 Å². The van der Waals surface area contributed by atoms with Crippen LogP contribution < -0.4 is 10.2 Å². The highest BCUT2D eigenvalue weighted by molar-refractivity contribution is 6.40. The summed E-state index contributed by atoms with van der Waals surface area (Å²) in [7, 11) is 3.58. The molecular formula is C8H9BN2O2. The Kier molecular flexibility index (Phi) is 1.72. The van der Waals surface area contributed by atoms with E-state index in [0.29, 0.717) is 0 Å². The number of ether oxygens (including phenoxy) is 1. The van der Waals surface area contributed by atoms with Crippen molar-refractivity contribution in [3.63, 3.8) is 0 Å². The first-order valence-corrected chi connectivity index (χ1v) is 4.00. The third-order valence-corrected chi connectivity index (χ3v) is 2.15. The SMILES string of the molecule is Bc1c(OC)cc(C)c2nonc12. The fourth-order valence-corrected chi connectivity index (χ4v) is 1.40. The van der Waals surface area contributed by atoms with E-state index in [1.807, 2.05) is 20.8 Å². The number of nitrogens with zero attached hydrogens (tertiary/aromatic N) is 2. The highest BCUT2D eigenvalue weighted by Gasteiger charge is 2.11. The van der Waals surface area contributed by atoms with Crippen LogP contribution >= 0.6 is 0 Å². The van der Waals surface area contributed by atoms with Crippen molar-refractivity contribution in [3.8, 4) is 5.75 Å². The molecule has 1 heterocycles. The maximum absolute atomic E-state index is 5.19. The normalized spacial score (nSPS) is 10.6. The molecule has 2 aromatic rings. The van der Waals surface area contributed by atoms with Gasteiger partial charge in [-0.05, 0) is 29.2 Å². The number of hydrogen-bond acceptors (Lipinski definition) is 4. The number of aromatic nitrogens is 2. The first-order valence-electron chi connectivity index (χ1n) is 4.00. The Bertz CT molecular complexity index is 453. The van der Waals surface area contributed by atoms with Crippen LogP contribution in [0.15, 0.2) is 10.7 Å². The van der Waals surface area contributed by atoms with Gasteiger partial charge in [-0.2, -0.15) is 0 Å². The second-order valence-corrected chi connectivity index (χ2v) is 2.98. The van der Waals surface area contributed by atoms with Gasteiger partial charge in [0.1, 0.15) is 24.6 Å². The van der Waals surface area contributed by atoms with Crippen molar-refractivity contribution in [3.05, 3.63) is 11.6 Å². The van der Waals surface area contributed by atoms with E-state index >= 15 is 0 Å². The van der Waals surface area contributed by atoms with Gasteiger partial charge in [0.25, 0.3) is 0 Å². The highest BCUT2D eigenvalue weighted by atomic mass is 16.6. The van der Waals surface area contributed by atoms with Crippen molar-refractivity contribution < 1.29 is 9.37 Å². The molecule has 13 heavy (non-hydrogen) atoms. The minimum absolute atomic E-state index is 0.775. The summed E-state index contributed by atoms with van der Waals surface area (Å²) < 4.78 is 9.86. The lowest BCUT2D eigenvalue weighted by Crippen LogP contribution is -2.09. The number of methoxy groups -OCH3 is 1. The fraction of sp³-hybridized carbons (Fsp3) is 0.250. The molecule has 0 spiro atoms. The molecule has 1 aromatic heterocycles. The Hall–Kier alpha value is -1.52. The van der Waals surface area contributed by atoms with Crippen LogP contribution in [0, 0.1) is 6.92 Å². The Morgan fingerprint density at radius 1 is 1.38 bits per heavy atom. The lowest BCUT2D eigenvalue weighted by Gasteiger charge is -2.04. The van der Waals surface area contributed by atoms with E-state index in [9.17, 15) is 0 Å². The Morgan fingerprint density at radius 3 is 2.77 bits per heavy atom. The van der Waals surface area contributed by atoms with Crippen LogP contribution in [0.4, 0.5) is 0 Å². The highest BCUT2D eigenvalue weighted by Crippen LogP contribution is 2.18. The van der Waals surface area contributed by atoms with Crippen LogP contribution in [0.1, 0.15) is 5.56 Å². The molecule has 0 N–H and O–H groups in total. The summed E-state index contributed by atoms with van der Waals surface area (Å²) in [5, 5.41) is 7.63. The van der Waals surface area contributed by atoms with Crippen molar-refractivity contribution >= 4 is 24.3 Å². The van der Waals surface area contributed by atoms with Crippen LogP contribution in [-0.4, -0.2) is 25.3 Å². The minimum Gasteiger partial charge on any atom is -0.497 e. The molecule has 0 saturated carbocycles. The molecule has 0 atom stereocenters. The topological polar surface area (TPSA) is 48.2 Å². The van der Waals surface area contributed by atoms with Crippen molar-refractivity contribution in [2.24, 2.45) is 0 Å². The quantitative estimate of drug-likeness (QED) is 0.564. The van der Waals surface area contributed by atoms with E-state index in [4.69, 9.17) is 4.74 Å². The maximum atomic E-state index is 5.19. The number of benzene rings is 1. The van der Waals surface area contributed by atoms with Gasteiger partial charge in [-0.1, -0.05) is 5.16 Å². The van der Waals surface area contributed by atoms with Crippen LogP contribution in [0.25, 0.3) is 11.0 Å². The first-order chi connectivity index (χ1) is 6.24. The fourth-order valence-electron chi connectivity index (χ4n) is 1.40. The molecular weight excluding hydrogens is 167 g/mol. The Labute approximate surface area is 76.2 Å². The molecule has 0 bridgehead atoms. The molecule has 4 nitrogen and oxygen atoms in total. The van der Waals surface area contributed by atoms with E-state index in [1.54, 1.807) is 7.11 Å². The number of hydrogen-bond donors (Lipinski definition) is 0. The molecule has 0 amide bonds. The van der Waals surface area contributed by atoms with E-state index in [1.165, 1.54) is 0 Å². The maximum Gasteiger partial charge on any atom is 0.147 e. The second kappa shape index (κ2) is 2.76. The predicted octanol–water partition coefficient (Wildman–Crippen LogP) is -0.202. The molecule has 5 heteroatoms. The molecule has 0 aliphatic carbocycles. The van der Waals surface area contributed by atoms with Gasteiger partial charge in [0.2, 0.25) is 0 Å². The lowest BCUT2D eigenvalue weighted by atomic mass is 9.92. The average Bonchev–Trinajstić information content (AvgIpc) is 2.60. The summed E-state index contributed by atoms with van der Waals surface area (Å²) in [6.07, 6.45) is 0. The van der Waals surface area contributed by atoms with Crippen LogP contribution in [0.3, 0.4) is 0 Å². The number of rotatable bonds is 1. The summed E-state index contributed by atoms with van der Waals surface area (Å²) in [6, 6.07) is 1.93. The molecule has 0 fully saturated rings. The zero-order valence-corrected chi connectivity index (χ0v) is 7.79. The van der Waals surface area contributed by atoms with E-state index in [-0.39, 0.29) is 0 Å². The summed E-state index contributed by atoms with van der Waals surface area (Å²) in [5.41, 5.74) is 3.55. The van der Waals surface area contributed by atoms with Crippen molar-refractivity contribution in [1.29, 1.82) is 0 Å². The lowest BCUT2D eigenvalue weighted by molar-refractivity contribution is 0.315. The van der Waals surface area contributed by atoms with Gasteiger partial charge in [-0.3, -0.25) is 0 Å². The van der Waals surface area contributed by atoms with Crippen LogP contribution in [-0.2, 0) is 0 Å². The van der Waals surface area contributed by atoms with Crippen molar-refractivity contribution in [2.45, 2.75) is 6.92 Å². The standard InChI is InChI=1S/C8H9BN2O2/c1-4-3-5(12-2)6(9)8-7(4)10-13-11-8/h3H,9H2,1-2H3. The predicted molar refractivity (Wildman–Crippen MR) is 51.3 cm³/mol. The zero-order valence-electron chi connectivity index (χ0n) is 7.79. The second-order valence-electron chi connectivity index (χ2n) is 2.98. The molecule has 66 valence electrons. The summed E-state index contributed by atoms with van der Waals surface area (Å²) in [6.45, 7) is 1.95. The minimum atomic E-state index is 0.775. The van der Waals surface area contributed by atoms with Gasteiger partial charge in [0, 0.05) is 0 Å². The van der Waals surface area contributed by atoms with E-state index < -0.39 is 0 Å². The van der Waals surface area contributed by atoms with Crippen molar-refractivity contribution in [2.75, 3.05) is 7.11 Å². The largest absolute Gasteiger partial charge is 0.497 e. The van der Waals surface area contributed by atoms with Crippen LogP contribution in [0.2, 0.25) is 0 Å². The zero-order chi connectivity index (χ0) is 9.42. The Balaban J connectivity index is 2.85. The Morgan fingerprint density at radius 2 is 2.08 bits per heavy atom. The smallest absolute Gasteiger partial charge is 0.147 e. The monoisotopic (exact) mass is 176 g/mol. The average molecular weight is 176 g/mol. The molecule has 0 saturated heterocycles. The van der Waals surface area contributed by atoms with Gasteiger partial charge >= 0.3 is 0 Å². The third kappa shape index (κ3) is 1.08. The van der Waals surface area contributed by atoms with Gasteiger partial charge in [-0.15, -0.1) is 0 Å². The van der Waals surface area contributed by atoms with Crippen molar-refractivity contribution in [1.82, 2.24) is 10.3 Å². The molecule has 2 rings (SSSR count). The van der Waals surface area contributed by atoms with E-state index in [0.717, 1.165) is 27.8 Å². The van der Waals surface area contributed by atoms with Gasteiger partial charge in [-0.25, -0.2) is 4.63 Å². The van der Waals surface area contributed by atoms with Crippen LogP contribution in [0.5, 0.6) is 5.75 Å². The molecule has 1 aromatic carbocycles. The molecule has 0 unspecified atom stereocenters. The first kappa shape index (κ1) is 8.10. The van der Waals surface area contributed by atoms with Gasteiger partial charge < -0.3 is 4.74 Å². The van der Waals surface area contributed by atoms with Gasteiger partial charge in [0.05, 0.1) is 7.11 Å². The summed E-state index contributed by atoms with van der Waals surface area (Å²) >= 11 is 0. The number of aryl methyl sites for hydroxylation is 1. The molecule has 0 aliphatic rings. The summed E-state index contributed by atoms with van der Waals surface area (Å²) in [5.74, 6) is 0.820. The summed E-state index contributed by atoms with van der Waals surface area (Å²) in [4.78, 5) is 0. The molecule has 0 radical (unpaired) electrons. The number of fused-ring (bicyclic) bond motifs is 1. The third-order valence-electron chi connectivity index (χ3n) is 2.15.